The summed E-state index contributed by atoms with van der Waals surface area (Å²) in [6, 6.07) is 12.1. The lowest BCUT2D eigenvalue weighted by Crippen LogP contribution is -2.16. The predicted octanol–water partition coefficient (Wildman–Crippen LogP) is 1.69. The van der Waals surface area contributed by atoms with Gasteiger partial charge in [-0.3, -0.25) is 0 Å². The summed E-state index contributed by atoms with van der Waals surface area (Å²) in [5, 5.41) is 5.10. The number of methoxy groups -OCH3 is 1. The number of ether oxygens (including phenoxy) is 1. The Morgan fingerprint density at radius 3 is 2.38 bits per heavy atom. The molecular weight excluding hydrogens is 290 g/mol. The molecule has 0 radical (unpaired) electrons. The lowest BCUT2D eigenvalue weighted by molar-refractivity contribution is 0.415. The highest BCUT2D eigenvalue weighted by atomic mass is 32.2. The Balaban J connectivity index is 2.45. The fourth-order valence-electron chi connectivity index (χ4n) is 2.05. The maximum absolute atomic E-state index is 11.4. The minimum atomic E-state index is -3.82. The molecule has 0 heterocycles. The first-order chi connectivity index (χ1) is 9.84. The molecule has 0 aliphatic carbocycles. The van der Waals surface area contributed by atoms with Crippen LogP contribution in [0.3, 0.4) is 0 Å². The number of nitrogens with zero attached hydrogens (tertiary/aromatic N) is 1. The van der Waals surface area contributed by atoms with Gasteiger partial charge in [0.25, 0.3) is 0 Å². The van der Waals surface area contributed by atoms with Crippen molar-refractivity contribution in [2.24, 2.45) is 5.14 Å². The van der Waals surface area contributed by atoms with Crippen molar-refractivity contribution in [3.8, 4) is 5.75 Å². The van der Waals surface area contributed by atoms with E-state index in [1.165, 1.54) is 6.07 Å². The third-order valence-corrected chi connectivity index (χ3v) is 4.12. The number of hydrogen-bond acceptors (Lipinski definition) is 5. The first-order valence-corrected chi connectivity index (χ1v) is 7.68. The topological polar surface area (TPSA) is 98.6 Å². The normalized spacial score (nSPS) is 11.2. The van der Waals surface area contributed by atoms with Crippen LogP contribution >= 0.6 is 0 Å². The van der Waals surface area contributed by atoms with E-state index < -0.39 is 10.0 Å². The van der Waals surface area contributed by atoms with E-state index in [2.05, 4.69) is 0 Å². The van der Waals surface area contributed by atoms with Gasteiger partial charge in [0.05, 0.1) is 18.5 Å². The third kappa shape index (κ3) is 3.09. The summed E-state index contributed by atoms with van der Waals surface area (Å²) in [7, 11) is -0.397. The highest BCUT2D eigenvalue weighted by molar-refractivity contribution is 7.89. The Bertz CT molecular complexity index is 760. The van der Waals surface area contributed by atoms with E-state index in [0.29, 0.717) is 5.75 Å². The Kier molecular flexibility index (Phi) is 4.06. The number of hydrogen-bond donors (Lipinski definition) is 2. The van der Waals surface area contributed by atoms with Crippen LogP contribution in [0.2, 0.25) is 0 Å². The van der Waals surface area contributed by atoms with Gasteiger partial charge in [0.15, 0.2) is 0 Å². The van der Waals surface area contributed by atoms with Crippen molar-refractivity contribution in [1.82, 2.24) is 0 Å². The van der Waals surface area contributed by atoms with Crippen molar-refractivity contribution < 1.29 is 13.2 Å². The minimum Gasteiger partial charge on any atom is -0.495 e. The fourth-order valence-corrected chi connectivity index (χ4v) is 2.69. The van der Waals surface area contributed by atoms with Gasteiger partial charge in [-0.15, -0.1) is 0 Å². The van der Waals surface area contributed by atoms with Crippen LogP contribution in [0.5, 0.6) is 5.75 Å². The molecule has 0 saturated heterocycles. The number of nitrogens with two attached hydrogens (primary N) is 2. The van der Waals surface area contributed by atoms with Gasteiger partial charge in [0.2, 0.25) is 10.0 Å². The van der Waals surface area contributed by atoms with Crippen molar-refractivity contribution >= 4 is 27.1 Å². The maximum Gasteiger partial charge on any atom is 0.240 e. The van der Waals surface area contributed by atoms with Crippen LogP contribution in [-0.2, 0) is 10.0 Å². The third-order valence-electron chi connectivity index (χ3n) is 3.13. The van der Waals surface area contributed by atoms with Crippen LogP contribution in [0, 0.1) is 0 Å². The Labute approximate surface area is 124 Å². The second-order valence-electron chi connectivity index (χ2n) is 4.50. The number of para-hydroxylation sites is 2. The second kappa shape index (κ2) is 5.63. The fraction of sp³-hybridized carbons (Fsp3) is 0.143. The molecule has 0 bridgehead atoms. The van der Waals surface area contributed by atoms with Crippen LogP contribution in [-0.4, -0.2) is 22.6 Å². The van der Waals surface area contributed by atoms with Crippen LogP contribution in [0.15, 0.2) is 47.4 Å². The SMILES string of the molecule is COc1ccccc1N(C)c1ccc(S(N)(=O)=O)c(N)c1. The van der Waals surface area contributed by atoms with Gasteiger partial charge >= 0.3 is 0 Å². The number of nitrogen functional groups attached to an aromatic ring is 1. The number of sulfonamides is 1. The zero-order valence-electron chi connectivity index (χ0n) is 11.8. The summed E-state index contributed by atoms with van der Waals surface area (Å²) in [6.45, 7) is 0. The molecule has 0 atom stereocenters. The van der Waals surface area contributed by atoms with E-state index >= 15 is 0 Å². The maximum atomic E-state index is 11.4. The highest BCUT2D eigenvalue weighted by Gasteiger charge is 2.15. The summed E-state index contributed by atoms with van der Waals surface area (Å²) in [5.41, 5.74) is 7.45. The molecular formula is C14H17N3O3S. The van der Waals surface area contributed by atoms with Gasteiger partial charge in [-0.2, -0.15) is 0 Å². The highest BCUT2D eigenvalue weighted by Crippen LogP contribution is 2.33. The van der Waals surface area contributed by atoms with Gasteiger partial charge in [0, 0.05) is 12.7 Å². The molecule has 0 saturated carbocycles. The molecule has 112 valence electrons. The minimum absolute atomic E-state index is 0.0836. The number of benzene rings is 2. The molecule has 0 aromatic heterocycles. The quantitative estimate of drug-likeness (QED) is 0.838. The van der Waals surface area contributed by atoms with Gasteiger partial charge in [-0.05, 0) is 30.3 Å². The molecule has 0 fully saturated rings. The zero-order valence-corrected chi connectivity index (χ0v) is 12.6. The van der Waals surface area contributed by atoms with Crippen molar-refractivity contribution in [1.29, 1.82) is 0 Å². The molecule has 2 rings (SSSR count). The molecule has 0 spiro atoms. The number of anilines is 3. The molecule has 2 aromatic carbocycles. The molecule has 21 heavy (non-hydrogen) atoms. The second-order valence-corrected chi connectivity index (χ2v) is 6.03. The van der Waals surface area contributed by atoms with Crippen molar-refractivity contribution in [2.45, 2.75) is 4.90 Å². The van der Waals surface area contributed by atoms with Gasteiger partial charge < -0.3 is 15.4 Å². The van der Waals surface area contributed by atoms with E-state index in [0.717, 1.165) is 11.4 Å². The monoisotopic (exact) mass is 307 g/mol. The zero-order chi connectivity index (χ0) is 15.6. The van der Waals surface area contributed by atoms with E-state index in [4.69, 9.17) is 15.6 Å². The van der Waals surface area contributed by atoms with Crippen molar-refractivity contribution in [3.05, 3.63) is 42.5 Å². The number of primary sulfonamides is 1. The standard InChI is InChI=1S/C14H17N3O3S/c1-17(12-5-3-4-6-13(12)20-2)10-7-8-14(11(15)9-10)21(16,18)19/h3-9H,15H2,1-2H3,(H2,16,18,19). The molecule has 7 heteroatoms. The van der Waals surface area contributed by atoms with E-state index in [-0.39, 0.29) is 10.6 Å². The lowest BCUT2D eigenvalue weighted by Gasteiger charge is -2.22. The summed E-state index contributed by atoms with van der Waals surface area (Å²) in [6.07, 6.45) is 0. The summed E-state index contributed by atoms with van der Waals surface area (Å²) in [4.78, 5) is 1.77. The van der Waals surface area contributed by atoms with Crippen LogP contribution < -0.4 is 20.5 Å². The van der Waals surface area contributed by atoms with Crippen LogP contribution in [0.25, 0.3) is 0 Å². The van der Waals surface area contributed by atoms with E-state index in [1.54, 1.807) is 19.2 Å². The van der Waals surface area contributed by atoms with E-state index in [1.807, 2.05) is 36.2 Å². The van der Waals surface area contributed by atoms with Crippen molar-refractivity contribution in [3.63, 3.8) is 0 Å². The van der Waals surface area contributed by atoms with E-state index in [9.17, 15) is 8.42 Å². The summed E-state index contributed by atoms with van der Waals surface area (Å²) in [5.74, 6) is 0.703. The Hall–Kier alpha value is -2.25. The van der Waals surface area contributed by atoms with Gasteiger partial charge in [-0.25, -0.2) is 13.6 Å². The molecule has 0 aliphatic rings. The number of rotatable bonds is 4. The first kappa shape index (κ1) is 15.1. The Morgan fingerprint density at radius 2 is 1.81 bits per heavy atom. The molecule has 0 amide bonds. The largest absolute Gasteiger partial charge is 0.495 e. The average Bonchev–Trinajstić information content (AvgIpc) is 2.45. The summed E-state index contributed by atoms with van der Waals surface area (Å²) < 4.78 is 28.0. The predicted molar refractivity (Wildman–Crippen MR) is 83.3 cm³/mol. The lowest BCUT2D eigenvalue weighted by atomic mass is 10.2. The smallest absolute Gasteiger partial charge is 0.240 e. The van der Waals surface area contributed by atoms with Crippen LogP contribution in [0.4, 0.5) is 17.1 Å². The van der Waals surface area contributed by atoms with Crippen LogP contribution in [0.1, 0.15) is 0 Å². The summed E-state index contributed by atoms with van der Waals surface area (Å²) >= 11 is 0. The molecule has 0 unspecified atom stereocenters. The molecule has 6 nitrogen and oxygen atoms in total. The molecule has 0 aliphatic heterocycles. The Morgan fingerprint density at radius 1 is 1.14 bits per heavy atom. The molecule has 4 N–H and O–H groups in total. The average molecular weight is 307 g/mol. The molecule has 2 aromatic rings. The van der Waals surface area contributed by atoms with Gasteiger partial charge in [-0.1, -0.05) is 12.1 Å². The van der Waals surface area contributed by atoms with Crippen molar-refractivity contribution in [2.75, 3.05) is 24.8 Å². The first-order valence-electron chi connectivity index (χ1n) is 6.13. The van der Waals surface area contributed by atoms with Gasteiger partial charge in [0.1, 0.15) is 10.6 Å².